The number of nitrogens with one attached hydrogen (secondary N) is 1. The summed E-state index contributed by atoms with van der Waals surface area (Å²) < 4.78 is 12.8. The average molecular weight is 271 g/mol. The zero-order chi connectivity index (χ0) is 13.9. The van der Waals surface area contributed by atoms with E-state index in [1.165, 1.54) is 18.5 Å². The van der Waals surface area contributed by atoms with Crippen LogP contribution in [0.25, 0.3) is 0 Å². The van der Waals surface area contributed by atoms with Crippen LogP contribution in [-0.4, -0.2) is 15.9 Å². The first kappa shape index (κ1) is 12.7. The van der Waals surface area contributed by atoms with Gasteiger partial charge in [0.1, 0.15) is 12.1 Å². The summed E-state index contributed by atoms with van der Waals surface area (Å²) in [5.41, 5.74) is 2.22. The Bertz CT molecular complexity index is 623. The molecule has 1 aliphatic carbocycles. The molecule has 1 aromatic heterocycles. The molecule has 0 bridgehead atoms. The lowest BCUT2D eigenvalue weighted by atomic mass is 10.1. The summed E-state index contributed by atoms with van der Waals surface area (Å²) in [5, 5.41) is 2.82. The largest absolute Gasteiger partial charge is 0.348 e. The van der Waals surface area contributed by atoms with Crippen molar-refractivity contribution in [2.45, 2.75) is 25.3 Å². The van der Waals surface area contributed by atoms with Gasteiger partial charge in [-0.1, -0.05) is 12.1 Å². The minimum Gasteiger partial charge on any atom is -0.348 e. The van der Waals surface area contributed by atoms with Gasteiger partial charge in [-0.05, 0) is 30.5 Å². The maximum Gasteiger partial charge on any atom is 0.254 e. The lowest BCUT2D eigenvalue weighted by Gasteiger charge is -2.08. The van der Waals surface area contributed by atoms with E-state index in [9.17, 15) is 9.18 Å². The molecule has 0 radical (unpaired) electrons. The normalized spacial score (nSPS) is 14.1. The Morgan fingerprint density at radius 1 is 1.30 bits per heavy atom. The zero-order valence-electron chi connectivity index (χ0n) is 10.8. The fourth-order valence-corrected chi connectivity index (χ4v) is 2.08. The lowest BCUT2D eigenvalue weighted by Crippen LogP contribution is -2.24. The van der Waals surface area contributed by atoms with E-state index < -0.39 is 0 Å². The molecule has 1 heterocycles. The highest BCUT2D eigenvalue weighted by Gasteiger charge is 2.29. The molecule has 1 aromatic carbocycles. The third-order valence-electron chi connectivity index (χ3n) is 3.32. The number of hydrogen-bond donors (Lipinski definition) is 1. The van der Waals surface area contributed by atoms with Crippen LogP contribution in [0.15, 0.2) is 36.8 Å². The molecule has 1 saturated carbocycles. The number of aromatic nitrogens is 2. The van der Waals surface area contributed by atoms with Gasteiger partial charge in [0.2, 0.25) is 0 Å². The molecular weight excluding hydrogens is 257 g/mol. The lowest BCUT2D eigenvalue weighted by molar-refractivity contribution is 0.0949. The molecular formula is C15H14FN3O. The molecule has 1 N–H and O–H groups in total. The predicted octanol–water partition coefficient (Wildman–Crippen LogP) is 2.42. The van der Waals surface area contributed by atoms with E-state index in [1.54, 1.807) is 18.3 Å². The van der Waals surface area contributed by atoms with Crippen LogP contribution in [0.3, 0.4) is 0 Å². The summed E-state index contributed by atoms with van der Waals surface area (Å²) in [5.74, 6) is -0.0750. The monoisotopic (exact) mass is 271 g/mol. The number of carbonyl (C=O) groups is 1. The van der Waals surface area contributed by atoms with Crippen molar-refractivity contribution in [2.75, 3.05) is 0 Å². The number of hydrogen-bond acceptors (Lipinski definition) is 3. The zero-order valence-corrected chi connectivity index (χ0v) is 10.8. The van der Waals surface area contributed by atoms with Gasteiger partial charge in [-0.3, -0.25) is 4.79 Å². The number of benzene rings is 1. The molecule has 0 aliphatic heterocycles. The van der Waals surface area contributed by atoms with Crippen molar-refractivity contribution in [1.82, 2.24) is 15.3 Å². The molecule has 0 spiro atoms. The summed E-state index contributed by atoms with van der Waals surface area (Å²) in [6.07, 6.45) is 5.19. The Morgan fingerprint density at radius 2 is 2.05 bits per heavy atom. The number of carbonyl (C=O) groups excluding carboxylic acids is 1. The summed E-state index contributed by atoms with van der Waals surface area (Å²) >= 11 is 0. The highest BCUT2D eigenvalue weighted by Crippen LogP contribution is 2.40. The van der Waals surface area contributed by atoms with E-state index >= 15 is 0 Å². The van der Waals surface area contributed by atoms with Crippen LogP contribution in [-0.2, 0) is 6.54 Å². The van der Waals surface area contributed by atoms with Crippen LogP contribution >= 0.6 is 0 Å². The summed E-state index contributed by atoms with van der Waals surface area (Å²) in [7, 11) is 0. The van der Waals surface area contributed by atoms with Gasteiger partial charge in [0.05, 0.1) is 11.3 Å². The predicted molar refractivity (Wildman–Crippen MR) is 71.6 cm³/mol. The number of rotatable bonds is 4. The van der Waals surface area contributed by atoms with Crippen molar-refractivity contribution in [3.05, 3.63) is 59.4 Å². The molecule has 0 atom stereocenters. The molecule has 1 fully saturated rings. The smallest absolute Gasteiger partial charge is 0.254 e. The van der Waals surface area contributed by atoms with Crippen molar-refractivity contribution < 1.29 is 9.18 Å². The molecule has 102 valence electrons. The molecule has 1 aliphatic rings. The van der Waals surface area contributed by atoms with Gasteiger partial charge in [0, 0.05) is 18.7 Å². The highest BCUT2D eigenvalue weighted by molar-refractivity contribution is 5.95. The molecule has 20 heavy (non-hydrogen) atoms. The van der Waals surface area contributed by atoms with Crippen LogP contribution in [0.2, 0.25) is 0 Å². The van der Waals surface area contributed by atoms with Crippen molar-refractivity contribution in [3.63, 3.8) is 0 Å². The van der Waals surface area contributed by atoms with Gasteiger partial charge in [-0.15, -0.1) is 0 Å². The van der Waals surface area contributed by atoms with Gasteiger partial charge >= 0.3 is 0 Å². The van der Waals surface area contributed by atoms with E-state index in [4.69, 9.17) is 0 Å². The van der Waals surface area contributed by atoms with Crippen molar-refractivity contribution in [2.24, 2.45) is 0 Å². The van der Waals surface area contributed by atoms with Crippen molar-refractivity contribution >= 4 is 5.91 Å². The fraction of sp³-hybridized carbons (Fsp3) is 0.267. The average Bonchev–Trinajstić information content (AvgIpc) is 3.31. The standard InChI is InChI=1S/C15H14FN3O/c16-12-5-1-10(2-6-12)7-18-15(20)13-8-17-9-19-14(13)11-3-4-11/h1-2,5-6,8-9,11H,3-4,7H2,(H,18,20). The third kappa shape index (κ3) is 2.82. The van der Waals surface area contributed by atoms with Crippen LogP contribution < -0.4 is 5.32 Å². The van der Waals surface area contributed by atoms with Crippen LogP contribution in [0.5, 0.6) is 0 Å². The molecule has 5 heteroatoms. The second-order valence-electron chi connectivity index (χ2n) is 4.91. The van der Waals surface area contributed by atoms with Gasteiger partial charge in [0.15, 0.2) is 0 Å². The SMILES string of the molecule is O=C(NCc1ccc(F)cc1)c1cncnc1C1CC1. The second-order valence-corrected chi connectivity index (χ2v) is 4.91. The van der Waals surface area contributed by atoms with Gasteiger partial charge in [-0.2, -0.15) is 0 Å². The first-order valence-corrected chi connectivity index (χ1v) is 6.56. The Hall–Kier alpha value is -2.30. The summed E-state index contributed by atoms with van der Waals surface area (Å²) in [6, 6.07) is 6.06. The number of nitrogens with zero attached hydrogens (tertiary/aromatic N) is 2. The van der Waals surface area contributed by atoms with Crippen LogP contribution in [0, 0.1) is 5.82 Å². The molecule has 1 amide bonds. The van der Waals surface area contributed by atoms with E-state index in [2.05, 4.69) is 15.3 Å². The van der Waals surface area contributed by atoms with E-state index in [1.807, 2.05) is 0 Å². The van der Waals surface area contributed by atoms with Crippen molar-refractivity contribution in [3.8, 4) is 0 Å². The highest BCUT2D eigenvalue weighted by atomic mass is 19.1. The number of halogens is 1. The molecule has 0 unspecified atom stereocenters. The molecule has 2 aromatic rings. The summed E-state index contributed by atoms with van der Waals surface area (Å²) in [4.78, 5) is 20.3. The molecule has 4 nitrogen and oxygen atoms in total. The van der Waals surface area contributed by atoms with Crippen LogP contribution in [0.1, 0.15) is 40.4 Å². The van der Waals surface area contributed by atoms with Gasteiger partial charge in [0.25, 0.3) is 5.91 Å². The van der Waals surface area contributed by atoms with E-state index in [-0.39, 0.29) is 11.7 Å². The van der Waals surface area contributed by atoms with E-state index in [0.29, 0.717) is 18.0 Å². The Balaban J connectivity index is 1.69. The third-order valence-corrected chi connectivity index (χ3v) is 3.32. The second kappa shape index (κ2) is 5.36. The minimum absolute atomic E-state index is 0.183. The maximum absolute atomic E-state index is 12.8. The van der Waals surface area contributed by atoms with Gasteiger partial charge < -0.3 is 5.32 Å². The maximum atomic E-state index is 12.8. The Kier molecular flexibility index (Phi) is 3.41. The topological polar surface area (TPSA) is 54.9 Å². The minimum atomic E-state index is -0.285. The Labute approximate surface area is 116 Å². The first-order valence-electron chi connectivity index (χ1n) is 6.56. The van der Waals surface area contributed by atoms with Crippen molar-refractivity contribution in [1.29, 1.82) is 0 Å². The van der Waals surface area contributed by atoms with Gasteiger partial charge in [-0.25, -0.2) is 14.4 Å². The first-order chi connectivity index (χ1) is 9.74. The summed E-state index contributed by atoms with van der Waals surface area (Å²) in [6.45, 7) is 0.359. The fourth-order valence-electron chi connectivity index (χ4n) is 2.08. The molecule has 0 saturated heterocycles. The Morgan fingerprint density at radius 3 is 2.75 bits per heavy atom. The molecule has 3 rings (SSSR count). The van der Waals surface area contributed by atoms with Crippen LogP contribution in [0.4, 0.5) is 4.39 Å². The quantitative estimate of drug-likeness (QED) is 0.929. The van der Waals surface area contributed by atoms with E-state index in [0.717, 1.165) is 24.1 Å². The number of amides is 1.